The standard InChI is InChI=1S/C24H25Cl2N3O4/c1-24(2,3)33-23(32)29-18-7-5-4-6-15(18)22(28-29)20(31)12-19(30)17-9-8-13-10-14(25)11-16(26)21(13)27-17/h4-7,10-11,17,20,27,31H,8-9,12H2,1-3H3. The zero-order valence-corrected chi connectivity index (χ0v) is 20.1. The number of ketones is 1. The molecule has 3 aromatic rings. The van der Waals surface area contributed by atoms with Crippen molar-refractivity contribution in [3.63, 3.8) is 0 Å². The molecule has 2 heterocycles. The van der Waals surface area contributed by atoms with Crippen molar-refractivity contribution in [2.75, 3.05) is 5.32 Å². The monoisotopic (exact) mass is 489 g/mol. The molecule has 9 heteroatoms. The summed E-state index contributed by atoms with van der Waals surface area (Å²) in [5.41, 5.74) is 1.71. The van der Waals surface area contributed by atoms with Crippen LogP contribution in [0.4, 0.5) is 10.5 Å². The molecule has 0 bridgehead atoms. The fourth-order valence-electron chi connectivity index (χ4n) is 3.98. The average molecular weight is 490 g/mol. The van der Waals surface area contributed by atoms with Crippen LogP contribution >= 0.6 is 23.2 Å². The predicted octanol–water partition coefficient (Wildman–Crippen LogP) is 5.55. The fraction of sp³-hybridized carbons (Fsp3) is 0.375. The number of fused-ring (bicyclic) bond motifs is 2. The van der Waals surface area contributed by atoms with E-state index in [-0.39, 0.29) is 17.9 Å². The Labute approximate surface area is 201 Å². The lowest BCUT2D eigenvalue weighted by Crippen LogP contribution is -2.34. The van der Waals surface area contributed by atoms with Gasteiger partial charge in [-0.1, -0.05) is 41.4 Å². The largest absolute Gasteiger partial charge is 0.442 e. The number of aryl methyl sites for hydroxylation is 1. The summed E-state index contributed by atoms with van der Waals surface area (Å²) in [6.45, 7) is 5.29. The van der Waals surface area contributed by atoms with Crippen molar-refractivity contribution < 1.29 is 19.4 Å². The molecule has 33 heavy (non-hydrogen) atoms. The van der Waals surface area contributed by atoms with Crippen molar-refractivity contribution in [1.82, 2.24) is 9.78 Å². The lowest BCUT2D eigenvalue weighted by molar-refractivity contribution is -0.122. The first kappa shape index (κ1) is 23.5. The van der Waals surface area contributed by atoms with Gasteiger partial charge in [-0.05, 0) is 57.4 Å². The number of para-hydroxylation sites is 1. The molecule has 1 aliphatic rings. The van der Waals surface area contributed by atoms with Gasteiger partial charge in [0.2, 0.25) is 0 Å². The number of hydrogen-bond acceptors (Lipinski definition) is 6. The van der Waals surface area contributed by atoms with E-state index in [0.29, 0.717) is 39.5 Å². The highest BCUT2D eigenvalue weighted by molar-refractivity contribution is 6.36. The molecule has 1 aromatic heterocycles. The van der Waals surface area contributed by atoms with Gasteiger partial charge in [-0.2, -0.15) is 9.78 Å². The number of halogens is 2. The van der Waals surface area contributed by atoms with Crippen LogP contribution in [0, 0.1) is 0 Å². The van der Waals surface area contributed by atoms with Crippen molar-refractivity contribution in [2.24, 2.45) is 0 Å². The molecule has 2 unspecified atom stereocenters. The minimum absolute atomic E-state index is 0.159. The molecule has 2 N–H and O–H groups in total. The molecule has 0 amide bonds. The summed E-state index contributed by atoms with van der Waals surface area (Å²) in [7, 11) is 0. The summed E-state index contributed by atoms with van der Waals surface area (Å²) in [4.78, 5) is 25.7. The number of rotatable bonds is 4. The van der Waals surface area contributed by atoms with Crippen LogP contribution in [0.1, 0.15) is 51.0 Å². The SMILES string of the molecule is CC(C)(C)OC(=O)n1nc(C(O)CC(=O)C2CCc3cc(Cl)cc(Cl)c3N2)c2ccccc21. The van der Waals surface area contributed by atoms with E-state index in [2.05, 4.69) is 10.4 Å². The molecular weight excluding hydrogens is 465 g/mol. The van der Waals surface area contributed by atoms with E-state index in [1.807, 2.05) is 6.07 Å². The zero-order valence-electron chi connectivity index (χ0n) is 18.6. The van der Waals surface area contributed by atoms with Gasteiger partial charge in [-0.3, -0.25) is 4.79 Å². The maximum absolute atomic E-state index is 13.0. The highest BCUT2D eigenvalue weighted by atomic mass is 35.5. The number of carbonyl (C=O) groups excluding carboxylic acids is 2. The first-order valence-corrected chi connectivity index (χ1v) is 11.5. The normalized spacial score (nSPS) is 16.7. The van der Waals surface area contributed by atoms with Gasteiger partial charge in [-0.15, -0.1) is 0 Å². The maximum Gasteiger partial charge on any atom is 0.435 e. The Morgan fingerprint density at radius 3 is 2.73 bits per heavy atom. The molecule has 0 fully saturated rings. The van der Waals surface area contributed by atoms with E-state index in [0.717, 1.165) is 10.2 Å². The number of aromatic nitrogens is 2. The number of nitrogens with zero attached hydrogens (tertiary/aromatic N) is 2. The Morgan fingerprint density at radius 2 is 2.00 bits per heavy atom. The summed E-state index contributed by atoms with van der Waals surface area (Å²) in [5, 5.41) is 20.0. The third-order valence-corrected chi connectivity index (χ3v) is 5.96. The Bertz CT molecular complexity index is 1230. The number of Topliss-reactive ketones (excluding diaryl/α,β-unsaturated/α-hetero) is 1. The number of ether oxygens (including phenoxy) is 1. The Morgan fingerprint density at radius 1 is 1.27 bits per heavy atom. The number of hydrogen-bond donors (Lipinski definition) is 2. The molecule has 4 rings (SSSR count). The molecule has 2 aromatic carbocycles. The van der Waals surface area contributed by atoms with Crippen molar-refractivity contribution in [3.05, 3.63) is 57.7 Å². The fourth-order valence-corrected chi connectivity index (χ4v) is 4.57. The molecule has 2 atom stereocenters. The topological polar surface area (TPSA) is 93.5 Å². The van der Waals surface area contributed by atoms with Gasteiger partial charge in [0.25, 0.3) is 0 Å². The number of benzene rings is 2. The Kier molecular flexibility index (Phi) is 6.40. The second-order valence-electron chi connectivity index (χ2n) is 9.14. The molecule has 0 aliphatic carbocycles. The Hall–Kier alpha value is -2.61. The second-order valence-corrected chi connectivity index (χ2v) is 9.98. The lowest BCUT2D eigenvalue weighted by atomic mass is 9.93. The van der Waals surface area contributed by atoms with Crippen LogP contribution in [-0.2, 0) is 16.0 Å². The average Bonchev–Trinajstić information content (AvgIpc) is 3.12. The minimum Gasteiger partial charge on any atom is -0.442 e. The Balaban J connectivity index is 1.55. The molecule has 0 spiro atoms. The van der Waals surface area contributed by atoms with Crippen LogP contribution in [0.5, 0.6) is 0 Å². The molecule has 0 saturated heterocycles. The summed E-state index contributed by atoms with van der Waals surface area (Å²) in [5.74, 6) is -0.171. The van der Waals surface area contributed by atoms with Gasteiger partial charge in [0, 0.05) is 16.8 Å². The highest BCUT2D eigenvalue weighted by Crippen LogP contribution is 2.36. The van der Waals surface area contributed by atoms with Gasteiger partial charge in [0.1, 0.15) is 11.7 Å². The van der Waals surface area contributed by atoms with Crippen molar-refractivity contribution in [2.45, 2.75) is 57.8 Å². The third-order valence-electron chi connectivity index (χ3n) is 5.44. The van der Waals surface area contributed by atoms with Crippen molar-refractivity contribution in [3.8, 4) is 0 Å². The number of aliphatic hydroxyl groups is 1. The number of nitrogens with one attached hydrogen (secondary N) is 1. The molecule has 174 valence electrons. The lowest BCUT2D eigenvalue weighted by Gasteiger charge is -2.27. The molecule has 7 nitrogen and oxygen atoms in total. The summed E-state index contributed by atoms with van der Waals surface area (Å²) < 4.78 is 6.56. The number of aliphatic hydroxyl groups excluding tert-OH is 1. The van der Waals surface area contributed by atoms with Gasteiger partial charge < -0.3 is 15.2 Å². The van der Waals surface area contributed by atoms with E-state index in [1.165, 1.54) is 0 Å². The number of carbonyl (C=O) groups is 2. The summed E-state index contributed by atoms with van der Waals surface area (Å²) >= 11 is 12.4. The first-order chi connectivity index (χ1) is 15.5. The molecule has 1 aliphatic heterocycles. The van der Waals surface area contributed by atoms with Crippen LogP contribution in [-0.4, -0.2) is 38.4 Å². The smallest absolute Gasteiger partial charge is 0.435 e. The van der Waals surface area contributed by atoms with Crippen LogP contribution in [0.15, 0.2) is 36.4 Å². The minimum atomic E-state index is -1.19. The quantitative estimate of drug-likeness (QED) is 0.499. The van der Waals surface area contributed by atoms with Crippen LogP contribution < -0.4 is 5.32 Å². The van der Waals surface area contributed by atoms with E-state index >= 15 is 0 Å². The second kappa shape index (κ2) is 8.97. The predicted molar refractivity (Wildman–Crippen MR) is 128 cm³/mol. The molecule has 0 saturated carbocycles. The summed E-state index contributed by atoms with van der Waals surface area (Å²) in [6.07, 6.45) is -0.793. The van der Waals surface area contributed by atoms with E-state index in [4.69, 9.17) is 27.9 Å². The van der Waals surface area contributed by atoms with Gasteiger partial charge >= 0.3 is 6.09 Å². The van der Waals surface area contributed by atoms with E-state index < -0.39 is 23.8 Å². The first-order valence-electron chi connectivity index (χ1n) is 10.7. The molecule has 0 radical (unpaired) electrons. The van der Waals surface area contributed by atoms with Gasteiger partial charge in [-0.25, -0.2) is 4.79 Å². The van der Waals surface area contributed by atoms with Crippen LogP contribution in [0.3, 0.4) is 0 Å². The maximum atomic E-state index is 13.0. The molecular formula is C24H25Cl2N3O4. The van der Waals surface area contributed by atoms with Crippen molar-refractivity contribution in [1.29, 1.82) is 0 Å². The third kappa shape index (κ3) is 5.00. The van der Waals surface area contributed by atoms with Gasteiger partial charge in [0.15, 0.2) is 5.78 Å². The highest BCUT2D eigenvalue weighted by Gasteiger charge is 2.30. The van der Waals surface area contributed by atoms with Crippen LogP contribution in [0.25, 0.3) is 10.9 Å². The van der Waals surface area contributed by atoms with Crippen LogP contribution in [0.2, 0.25) is 10.0 Å². The van der Waals surface area contributed by atoms with E-state index in [1.54, 1.807) is 51.1 Å². The summed E-state index contributed by atoms with van der Waals surface area (Å²) in [6, 6.07) is 10.00. The zero-order chi connectivity index (χ0) is 23.9. The van der Waals surface area contributed by atoms with Crippen molar-refractivity contribution >= 4 is 51.7 Å². The van der Waals surface area contributed by atoms with Gasteiger partial charge in [0.05, 0.1) is 28.0 Å². The number of anilines is 1. The van der Waals surface area contributed by atoms with E-state index in [9.17, 15) is 14.7 Å².